The average molecular weight is 479 g/mol. The van der Waals surface area contributed by atoms with Crippen LogP contribution in [-0.2, 0) is 16.1 Å². The molecule has 2 aliphatic rings. The molecule has 2 saturated heterocycles. The van der Waals surface area contributed by atoms with Crippen LogP contribution in [0, 0.1) is 5.41 Å². The van der Waals surface area contributed by atoms with E-state index in [1.54, 1.807) is 11.3 Å². The summed E-state index contributed by atoms with van der Waals surface area (Å²) >= 11 is 1.76. The predicted octanol–water partition coefficient (Wildman–Crippen LogP) is 2.47. The lowest BCUT2D eigenvalue weighted by atomic mass is 9.86. The van der Waals surface area contributed by atoms with Crippen LogP contribution in [0.4, 0.5) is 18.0 Å². The largest absolute Gasteiger partial charge is 0.490 e. The molecule has 1 atom stereocenters. The third-order valence-electron chi connectivity index (χ3n) is 5.20. The molecule has 0 radical (unpaired) electrons. The molecule has 2 aliphatic heterocycles. The highest BCUT2D eigenvalue weighted by Crippen LogP contribution is 2.35. The van der Waals surface area contributed by atoms with Gasteiger partial charge in [-0.2, -0.15) is 13.2 Å². The van der Waals surface area contributed by atoms with Crippen LogP contribution in [0.5, 0.6) is 0 Å². The molecule has 0 bridgehead atoms. The van der Waals surface area contributed by atoms with Crippen molar-refractivity contribution < 1.29 is 32.7 Å². The zero-order valence-corrected chi connectivity index (χ0v) is 19.1. The summed E-state index contributed by atoms with van der Waals surface area (Å²) in [7, 11) is 1.87. The minimum atomic E-state index is -5.08. The van der Waals surface area contributed by atoms with Gasteiger partial charge in [-0.1, -0.05) is 6.07 Å². The Kier molecular flexibility index (Phi) is 8.52. The van der Waals surface area contributed by atoms with Gasteiger partial charge in [-0.15, -0.1) is 11.3 Å². The molecule has 1 unspecified atom stereocenters. The SMILES string of the molecule is CC(C)NC(=O)N1CCN(Cc2cccs2)CC2(CC(=O)N(C)C2)C1.O=C(O)C(F)(F)F. The van der Waals surface area contributed by atoms with Crippen molar-refractivity contribution in [2.45, 2.75) is 39.0 Å². The molecule has 0 saturated carbocycles. The lowest BCUT2D eigenvalue weighted by molar-refractivity contribution is -0.192. The van der Waals surface area contributed by atoms with Crippen molar-refractivity contribution in [3.8, 4) is 0 Å². The summed E-state index contributed by atoms with van der Waals surface area (Å²) in [6.45, 7) is 8.58. The highest BCUT2D eigenvalue weighted by atomic mass is 32.1. The van der Waals surface area contributed by atoms with Crippen molar-refractivity contribution in [3.63, 3.8) is 0 Å². The van der Waals surface area contributed by atoms with Crippen LogP contribution in [0.15, 0.2) is 17.5 Å². The van der Waals surface area contributed by atoms with Gasteiger partial charge in [0, 0.05) is 69.1 Å². The summed E-state index contributed by atoms with van der Waals surface area (Å²) < 4.78 is 31.7. The number of alkyl halides is 3. The third kappa shape index (κ3) is 7.37. The first-order valence-corrected chi connectivity index (χ1v) is 11.0. The van der Waals surface area contributed by atoms with E-state index in [9.17, 15) is 22.8 Å². The van der Waals surface area contributed by atoms with Crippen LogP contribution in [-0.4, -0.2) is 89.7 Å². The Bertz CT molecular complexity index is 803. The van der Waals surface area contributed by atoms with Crippen molar-refractivity contribution in [3.05, 3.63) is 22.4 Å². The molecule has 1 aromatic heterocycles. The van der Waals surface area contributed by atoms with E-state index in [0.717, 1.165) is 26.2 Å². The normalized spacial score (nSPS) is 22.0. The summed E-state index contributed by atoms with van der Waals surface area (Å²) in [6, 6.07) is 4.32. The summed E-state index contributed by atoms with van der Waals surface area (Å²) in [5.74, 6) is -2.57. The fourth-order valence-corrected chi connectivity index (χ4v) is 4.68. The standard InChI is InChI=1S/C18H28N4O2S.C2HF3O2/c1-14(2)19-17(24)22-7-6-21(10-15-5-4-8-25-15)12-18(13-22)9-16(23)20(3)11-18;3-2(4,5)1(6)7/h4-5,8,14H,6-7,9-13H2,1-3H3,(H,19,24);(H,6,7). The second-order valence-electron chi connectivity index (χ2n) is 8.55. The van der Waals surface area contributed by atoms with E-state index >= 15 is 0 Å². The Balaban J connectivity index is 0.000000451. The zero-order chi connectivity index (χ0) is 24.1. The Morgan fingerprint density at radius 1 is 1.25 bits per heavy atom. The number of carboxylic acid groups (broad SMARTS) is 1. The van der Waals surface area contributed by atoms with Gasteiger partial charge in [-0.25, -0.2) is 9.59 Å². The molecule has 2 fully saturated rings. The second kappa shape index (κ2) is 10.5. The van der Waals surface area contributed by atoms with Gasteiger partial charge in [0.1, 0.15) is 0 Å². The number of halogens is 3. The van der Waals surface area contributed by atoms with Crippen molar-refractivity contribution in [2.75, 3.05) is 39.8 Å². The number of aliphatic carboxylic acids is 1. The number of nitrogens with zero attached hydrogens (tertiary/aromatic N) is 3. The number of nitrogens with one attached hydrogen (secondary N) is 1. The van der Waals surface area contributed by atoms with E-state index in [4.69, 9.17) is 9.90 Å². The van der Waals surface area contributed by atoms with Crippen molar-refractivity contribution >= 4 is 29.2 Å². The van der Waals surface area contributed by atoms with Gasteiger partial charge in [0.2, 0.25) is 5.91 Å². The minimum absolute atomic E-state index is 0.0191. The quantitative estimate of drug-likeness (QED) is 0.696. The van der Waals surface area contributed by atoms with Gasteiger partial charge in [-0.05, 0) is 25.3 Å². The fourth-order valence-electron chi connectivity index (χ4n) is 3.93. The lowest BCUT2D eigenvalue weighted by Crippen LogP contribution is -2.48. The molecule has 3 rings (SSSR count). The number of amides is 3. The number of carboxylic acids is 1. The first kappa shape index (κ1) is 25.9. The van der Waals surface area contributed by atoms with Crippen molar-refractivity contribution in [1.29, 1.82) is 0 Å². The number of rotatable bonds is 3. The first-order chi connectivity index (χ1) is 14.8. The molecule has 1 aromatic rings. The maximum absolute atomic E-state index is 12.6. The minimum Gasteiger partial charge on any atom is -0.475 e. The molecule has 0 aliphatic carbocycles. The lowest BCUT2D eigenvalue weighted by Gasteiger charge is -2.33. The number of hydrogen-bond donors (Lipinski definition) is 2. The molecule has 3 amide bonds. The Labute approximate surface area is 189 Å². The number of hydrogen-bond acceptors (Lipinski definition) is 5. The molecule has 3 heterocycles. The monoisotopic (exact) mass is 478 g/mol. The van der Waals surface area contributed by atoms with Crippen LogP contribution in [0.25, 0.3) is 0 Å². The van der Waals surface area contributed by atoms with Gasteiger partial charge < -0.3 is 20.2 Å². The highest BCUT2D eigenvalue weighted by Gasteiger charge is 2.46. The molecular formula is C20H29F3N4O4S. The summed E-state index contributed by atoms with van der Waals surface area (Å²) in [6.07, 6.45) is -4.56. The zero-order valence-electron chi connectivity index (χ0n) is 18.3. The third-order valence-corrected chi connectivity index (χ3v) is 6.06. The van der Waals surface area contributed by atoms with Crippen molar-refractivity contribution in [2.24, 2.45) is 5.41 Å². The number of likely N-dealkylation sites (tertiary alicyclic amines) is 1. The molecule has 1 spiro atoms. The maximum Gasteiger partial charge on any atom is 0.490 e. The van der Waals surface area contributed by atoms with Crippen LogP contribution >= 0.6 is 11.3 Å². The Morgan fingerprint density at radius 2 is 1.91 bits per heavy atom. The molecule has 8 nitrogen and oxygen atoms in total. The molecule has 180 valence electrons. The average Bonchev–Trinajstić information content (AvgIpc) is 3.20. The van der Waals surface area contributed by atoms with Crippen LogP contribution in [0.3, 0.4) is 0 Å². The smallest absolute Gasteiger partial charge is 0.475 e. The topological polar surface area (TPSA) is 93.2 Å². The Morgan fingerprint density at radius 3 is 2.38 bits per heavy atom. The predicted molar refractivity (Wildman–Crippen MR) is 113 cm³/mol. The summed E-state index contributed by atoms with van der Waals surface area (Å²) in [4.78, 5) is 41.2. The fraction of sp³-hybridized carbons (Fsp3) is 0.650. The van der Waals surface area contributed by atoms with E-state index in [-0.39, 0.29) is 23.4 Å². The summed E-state index contributed by atoms with van der Waals surface area (Å²) in [5, 5.41) is 12.2. The molecule has 0 aromatic carbocycles. The van der Waals surface area contributed by atoms with E-state index in [1.165, 1.54) is 4.88 Å². The number of carbonyl (C=O) groups is 3. The maximum atomic E-state index is 12.6. The number of thiophene rings is 1. The molecule has 32 heavy (non-hydrogen) atoms. The first-order valence-electron chi connectivity index (χ1n) is 10.2. The highest BCUT2D eigenvalue weighted by molar-refractivity contribution is 7.09. The van der Waals surface area contributed by atoms with Gasteiger partial charge >= 0.3 is 18.2 Å². The van der Waals surface area contributed by atoms with Gasteiger partial charge in [0.25, 0.3) is 0 Å². The van der Waals surface area contributed by atoms with Gasteiger partial charge in [0.15, 0.2) is 0 Å². The number of carbonyl (C=O) groups excluding carboxylic acids is 2. The van der Waals surface area contributed by atoms with E-state index in [1.807, 2.05) is 30.7 Å². The van der Waals surface area contributed by atoms with Gasteiger partial charge in [0.05, 0.1) is 0 Å². The Hall–Kier alpha value is -2.34. The van der Waals surface area contributed by atoms with E-state index in [0.29, 0.717) is 19.5 Å². The van der Waals surface area contributed by atoms with Crippen LogP contribution < -0.4 is 5.32 Å². The molecule has 12 heteroatoms. The van der Waals surface area contributed by atoms with Crippen LogP contribution in [0.2, 0.25) is 0 Å². The van der Waals surface area contributed by atoms with Crippen LogP contribution in [0.1, 0.15) is 25.1 Å². The van der Waals surface area contributed by atoms with Crippen molar-refractivity contribution in [1.82, 2.24) is 20.0 Å². The van der Waals surface area contributed by atoms with Gasteiger partial charge in [-0.3, -0.25) is 9.69 Å². The number of urea groups is 1. The molecular weight excluding hydrogens is 449 g/mol. The van der Waals surface area contributed by atoms with E-state index < -0.39 is 12.1 Å². The van der Waals surface area contributed by atoms with E-state index in [2.05, 4.69) is 27.7 Å². The second-order valence-corrected chi connectivity index (χ2v) is 9.58. The summed E-state index contributed by atoms with van der Waals surface area (Å²) in [5.41, 5.74) is -0.173. The molecule has 2 N–H and O–H groups in total.